The van der Waals surface area contributed by atoms with Crippen molar-refractivity contribution >= 4 is 12.6 Å². The van der Waals surface area contributed by atoms with E-state index in [0.29, 0.717) is 0 Å². The molecule has 0 bridgehead atoms. The largest absolute Gasteiger partial charge is 0.348 e. The lowest BCUT2D eigenvalue weighted by Gasteiger charge is -2.01. The first-order chi connectivity index (χ1) is 6.36. The van der Waals surface area contributed by atoms with E-state index in [1.165, 1.54) is 5.56 Å². The summed E-state index contributed by atoms with van der Waals surface area (Å²) in [6.45, 7) is 0. The lowest BCUT2D eigenvalue weighted by atomic mass is 10.1. The van der Waals surface area contributed by atoms with Gasteiger partial charge in [-0.2, -0.15) is 0 Å². The van der Waals surface area contributed by atoms with Crippen LogP contribution in [0.3, 0.4) is 0 Å². The zero-order chi connectivity index (χ0) is 9.10. The lowest BCUT2D eigenvalue weighted by molar-refractivity contribution is 1.00. The molecule has 3 heteroatoms. The van der Waals surface area contributed by atoms with Gasteiger partial charge in [-0.15, -0.1) is 12.6 Å². The van der Waals surface area contributed by atoms with Crippen LogP contribution >= 0.6 is 12.6 Å². The van der Waals surface area contributed by atoms with Crippen molar-refractivity contribution in [3.05, 3.63) is 48.0 Å². The van der Waals surface area contributed by atoms with Gasteiger partial charge in [0.15, 0.2) is 0 Å². The number of benzene rings is 1. The third-order valence-corrected chi connectivity index (χ3v) is 2.34. The number of thiol groups is 1. The zero-order valence-corrected chi connectivity index (χ0v) is 7.96. The van der Waals surface area contributed by atoms with Crippen molar-refractivity contribution in [2.45, 2.75) is 11.3 Å². The summed E-state index contributed by atoms with van der Waals surface area (Å²) in [5.41, 5.74) is 1.20. The van der Waals surface area contributed by atoms with Gasteiger partial charge in [-0.1, -0.05) is 18.2 Å². The predicted molar refractivity (Wildman–Crippen MR) is 55.1 cm³/mol. The van der Waals surface area contributed by atoms with Gasteiger partial charge in [-0.3, -0.25) is 0 Å². The van der Waals surface area contributed by atoms with E-state index in [4.69, 9.17) is 0 Å². The fourth-order valence-corrected chi connectivity index (χ4v) is 1.48. The van der Waals surface area contributed by atoms with E-state index < -0.39 is 0 Å². The molecule has 0 amide bonds. The molecule has 0 saturated heterocycles. The Morgan fingerprint density at radius 2 is 2.15 bits per heavy atom. The SMILES string of the molecule is Sc1ccccc1Cc1ncc[nH]1. The van der Waals surface area contributed by atoms with Gasteiger partial charge in [0.1, 0.15) is 5.82 Å². The Balaban J connectivity index is 2.24. The first-order valence-electron chi connectivity index (χ1n) is 4.11. The van der Waals surface area contributed by atoms with Gasteiger partial charge < -0.3 is 4.98 Å². The minimum absolute atomic E-state index is 0.812. The molecule has 1 N–H and O–H groups in total. The molecule has 66 valence electrons. The van der Waals surface area contributed by atoms with Crippen LogP contribution in [-0.2, 0) is 6.42 Å². The highest BCUT2D eigenvalue weighted by Crippen LogP contribution is 2.15. The van der Waals surface area contributed by atoms with Crippen LogP contribution in [0.5, 0.6) is 0 Å². The van der Waals surface area contributed by atoms with Crippen LogP contribution in [0.1, 0.15) is 11.4 Å². The molecule has 0 radical (unpaired) electrons. The van der Waals surface area contributed by atoms with E-state index in [-0.39, 0.29) is 0 Å². The highest BCUT2D eigenvalue weighted by molar-refractivity contribution is 7.80. The molecule has 2 rings (SSSR count). The van der Waals surface area contributed by atoms with Gasteiger partial charge in [-0.25, -0.2) is 4.98 Å². The number of H-pyrrole nitrogens is 1. The smallest absolute Gasteiger partial charge is 0.110 e. The molecule has 0 atom stereocenters. The summed E-state index contributed by atoms with van der Waals surface area (Å²) < 4.78 is 0. The standard InChI is InChI=1S/C10H10N2S/c13-9-4-2-1-3-8(9)7-10-11-5-6-12-10/h1-6,13H,7H2,(H,11,12). The van der Waals surface area contributed by atoms with E-state index in [9.17, 15) is 0 Å². The summed E-state index contributed by atoms with van der Waals surface area (Å²) in [5.74, 6) is 0.974. The van der Waals surface area contributed by atoms with Gasteiger partial charge in [0.2, 0.25) is 0 Å². The number of rotatable bonds is 2. The Labute approximate surface area is 82.4 Å². The Bertz CT molecular complexity index is 382. The third-order valence-electron chi connectivity index (χ3n) is 1.90. The molecule has 1 aromatic heterocycles. The number of nitrogens with zero attached hydrogens (tertiary/aromatic N) is 1. The van der Waals surface area contributed by atoms with Crippen molar-refractivity contribution < 1.29 is 0 Å². The van der Waals surface area contributed by atoms with Crippen LogP contribution < -0.4 is 0 Å². The second kappa shape index (κ2) is 3.66. The average molecular weight is 190 g/mol. The summed E-state index contributed by atoms with van der Waals surface area (Å²) in [6, 6.07) is 8.04. The van der Waals surface area contributed by atoms with Gasteiger partial charge in [0.05, 0.1) is 0 Å². The van der Waals surface area contributed by atoms with E-state index in [1.54, 1.807) is 6.20 Å². The minimum atomic E-state index is 0.812. The molecule has 1 aromatic carbocycles. The number of aromatic amines is 1. The molecule has 0 aliphatic rings. The number of hydrogen-bond donors (Lipinski definition) is 2. The quantitative estimate of drug-likeness (QED) is 0.699. The molecule has 0 unspecified atom stereocenters. The number of hydrogen-bond acceptors (Lipinski definition) is 2. The lowest BCUT2D eigenvalue weighted by Crippen LogP contribution is -1.91. The maximum absolute atomic E-state index is 4.37. The zero-order valence-electron chi connectivity index (χ0n) is 7.07. The van der Waals surface area contributed by atoms with Gasteiger partial charge in [0.25, 0.3) is 0 Å². The van der Waals surface area contributed by atoms with Crippen LogP contribution in [0.25, 0.3) is 0 Å². The predicted octanol–water partition coefficient (Wildman–Crippen LogP) is 2.29. The van der Waals surface area contributed by atoms with E-state index in [1.807, 2.05) is 24.4 Å². The topological polar surface area (TPSA) is 28.7 Å². The third kappa shape index (κ3) is 1.92. The summed E-state index contributed by atoms with van der Waals surface area (Å²) in [4.78, 5) is 8.24. The van der Waals surface area contributed by atoms with Crippen LogP contribution in [-0.4, -0.2) is 9.97 Å². The summed E-state index contributed by atoms with van der Waals surface area (Å²) in [6.07, 6.45) is 4.40. The summed E-state index contributed by atoms with van der Waals surface area (Å²) >= 11 is 4.37. The Morgan fingerprint density at radius 3 is 2.85 bits per heavy atom. The van der Waals surface area contributed by atoms with Crippen LogP contribution in [0.2, 0.25) is 0 Å². The van der Waals surface area contributed by atoms with E-state index in [0.717, 1.165) is 17.1 Å². The minimum Gasteiger partial charge on any atom is -0.348 e. The number of nitrogens with one attached hydrogen (secondary N) is 1. The summed E-state index contributed by atoms with van der Waals surface area (Å²) in [5, 5.41) is 0. The van der Waals surface area contributed by atoms with Crippen molar-refractivity contribution in [3.63, 3.8) is 0 Å². The van der Waals surface area contributed by atoms with Crippen molar-refractivity contribution in [1.29, 1.82) is 0 Å². The maximum atomic E-state index is 4.37. The van der Waals surface area contributed by atoms with Crippen LogP contribution in [0.15, 0.2) is 41.6 Å². The summed E-state index contributed by atoms with van der Waals surface area (Å²) in [7, 11) is 0. The highest BCUT2D eigenvalue weighted by Gasteiger charge is 2.00. The molecule has 0 aliphatic carbocycles. The average Bonchev–Trinajstić information content (AvgIpc) is 2.61. The normalized spacial score (nSPS) is 10.2. The monoisotopic (exact) mass is 190 g/mol. The highest BCUT2D eigenvalue weighted by atomic mass is 32.1. The fourth-order valence-electron chi connectivity index (χ4n) is 1.24. The maximum Gasteiger partial charge on any atom is 0.110 e. The molecule has 2 nitrogen and oxygen atoms in total. The first kappa shape index (κ1) is 8.38. The Kier molecular flexibility index (Phi) is 2.36. The van der Waals surface area contributed by atoms with Crippen LogP contribution in [0.4, 0.5) is 0 Å². The number of aromatic nitrogens is 2. The Morgan fingerprint density at radius 1 is 1.31 bits per heavy atom. The van der Waals surface area contributed by atoms with Crippen molar-refractivity contribution in [3.8, 4) is 0 Å². The van der Waals surface area contributed by atoms with Crippen molar-refractivity contribution in [2.24, 2.45) is 0 Å². The molecular weight excluding hydrogens is 180 g/mol. The number of imidazole rings is 1. The molecule has 0 spiro atoms. The molecule has 2 aromatic rings. The van der Waals surface area contributed by atoms with E-state index >= 15 is 0 Å². The van der Waals surface area contributed by atoms with Crippen LogP contribution in [0, 0.1) is 0 Å². The molecule has 0 aliphatic heterocycles. The molecule has 13 heavy (non-hydrogen) atoms. The van der Waals surface area contributed by atoms with Crippen molar-refractivity contribution in [1.82, 2.24) is 9.97 Å². The Hall–Kier alpha value is -1.22. The van der Waals surface area contributed by atoms with Gasteiger partial charge in [0, 0.05) is 23.7 Å². The molecular formula is C10H10N2S. The molecule has 1 heterocycles. The second-order valence-electron chi connectivity index (χ2n) is 2.84. The van der Waals surface area contributed by atoms with Gasteiger partial charge >= 0.3 is 0 Å². The van der Waals surface area contributed by atoms with Gasteiger partial charge in [-0.05, 0) is 11.6 Å². The molecule has 0 saturated carbocycles. The van der Waals surface area contributed by atoms with E-state index in [2.05, 4.69) is 28.7 Å². The second-order valence-corrected chi connectivity index (χ2v) is 3.32. The first-order valence-corrected chi connectivity index (χ1v) is 4.56. The fraction of sp³-hybridized carbons (Fsp3) is 0.100. The van der Waals surface area contributed by atoms with Crippen molar-refractivity contribution in [2.75, 3.05) is 0 Å². The molecule has 0 fully saturated rings.